The highest BCUT2D eigenvalue weighted by Crippen LogP contribution is 2.33. The molecule has 3 amide bonds. The van der Waals surface area contributed by atoms with Crippen LogP contribution in [0, 0.1) is 23.7 Å². The van der Waals surface area contributed by atoms with Gasteiger partial charge in [-0.15, -0.1) is 0 Å². The molecule has 1 saturated carbocycles. The number of hydrogen-bond acceptors (Lipinski definition) is 7. The number of carbonyl (C=O) groups is 3. The Morgan fingerprint density at radius 3 is 1.62 bits per heavy atom. The lowest BCUT2D eigenvalue weighted by molar-refractivity contribution is -0.143. The van der Waals surface area contributed by atoms with Gasteiger partial charge in [0, 0.05) is 68.3 Å². The van der Waals surface area contributed by atoms with Crippen molar-refractivity contribution in [2.24, 2.45) is 33.7 Å². The van der Waals surface area contributed by atoms with E-state index in [1.807, 2.05) is 41.5 Å². The minimum absolute atomic E-state index is 0.00735. The Balaban J connectivity index is 2.96. The van der Waals surface area contributed by atoms with Crippen molar-refractivity contribution < 1.29 is 19.1 Å². The van der Waals surface area contributed by atoms with Crippen LogP contribution in [-0.4, -0.2) is 79.9 Å². The normalized spacial score (nSPS) is 17.4. The van der Waals surface area contributed by atoms with Gasteiger partial charge < -0.3 is 15.4 Å². The smallest absolute Gasteiger partial charge is 0.425 e. The maximum Gasteiger partial charge on any atom is 0.425 e. The summed E-state index contributed by atoms with van der Waals surface area (Å²) in [7, 11) is 6.41. The summed E-state index contributed by atoms with van der Waals surface area (Å²) in [5.74, 6) is 0.141. The third kappa shape index (κ3) is 14.0. The summed E-state index contributed by atoms with van der Waals surface area (Å²) in [4.78, 5) is 48.1. The van der Waals surface area contributed by atoms with Gasteiger partial charge in [-0.1, -0.05) is 90.5 Å². The topological polar surface area (TPSA) is 140 Å². The highest BCUT2D eigenvalue weighted by molar-refractivity contribution is 5.93. The highest BCUT2D eigenvalue weighted by Gasteiger charge is 2.38. The number of nitrogens with zero attached hydrogens (tertiary/aromatic N) is 4. The largest absolute Gasteiger partial charge is 0.452 e. The van der Waals surface area contributed by atoms with Crippen molar-refractivity contribution in [2.45, 2.75) is 92.2 Å². The molecule has 0 aromatic heterocycles. The van der Waals surface area contributed by atoms with E-state index >= 15 is 0 Å². The fraction of sp³-hybridized carbons (Fsp3) is 0.512. The number of carbonyl (C=O) groups excluding carboxylic acids is 3. The van der Waals surface area contributed by atoms with E-state index in [9.17, 15) is 14.4 Å². The molecule has 1 aliphatic carbocycles. The maximum atomic E-state index is 13.7. The predicted molar refractivity (Wildman–Crippen MR) is 228 cm³/mol. The Morgan fingerprint density at radius 2 is 1.20 bits per heavy atom. The number of amidine groups is 2. The van der Waals surface area contributed by atoms with Gasteiger partial charge in [0.15, 0.2) is 0 Å². The van der Waals surface area contributed by atoms with Crippen LogP contribution in [0.3, 0.4) is 0 Å². The number of allylic oxidation sites excluding steroid dienone is 6. The van der Waals surface area contributed by atoms with Gasteiger partial charge in [0.1, 0.15) is 11.7 Å². The van der Waals surface area contributed by atoms with Crippen molar-refractivity contribution in [1.82, 2.24) is 31.5 Å². The van der Waals surface area contributed by atoms with E-state index in [4.69, 9.17) is 4.74 Å². The molecule has 304 valence electrons. The van der Waals surface area contributed by atoms with Crippen molar-refractivity contribution in [1.29, 1.82) is 0 Å². The highest BCUT2D eigenvalue weighted by atomic mass is 16.5. The van der Waals surface area contributed by atoms with Gasteiger partial charge in [-0.3, -0.25) is 24.6 Å². The van der Waals surface area contributed by atoms with Crippen molar-refractivity contribution >= 4 is 29.6 Å². The lowest BCUT2D eigenvalue weighted by Gasteiger charge is -2.36. The van der Waals surface area contributed by atoms with E-state index in [1.54, 1.807) is 50.5 Å². The Labute approximate surface area is 331 Å². The number of ether oxygens (including phenoxy) is 1. The number of hydrazine groups is 2. The standard InChI is InChI=1S/C43H68N8O4/c1-17-35(36(18-2)41(52)50(46-15)27(3)4)39(44-13)47-33(11)31(9)25-23-29(7)30(8)24-26-32(10)34(12)48-40(45-14)37-21-19-20-22-38(37)42(53)51(28(5)6)49-43(54)55-16/h23-28,35-38,46H,7-12,17-22H2,1-6,13-16H3,(H,44,47)(H,45,48)(H,49,54)/b25-23-,26-24-. The number of nitrogens with one attached hydrogen (secondary N) is 4. The minimum Gasteiger partial charge on any atom is -0.452 e. The van der Waals surface area contributed by atoms with Crippen LogP contribution >= 0.6 is 0 Å². The number of amides is 3. The molecule has 0 aliphatic heterocycles. The molecular weight excluding hydrogens is 693 g/mol. The molecule has 0 aromatic rings. The van der Waals surface area contributed by atoms with Gasteiger partial charge in [0.2, 0.25) is 11.8 Å². The first-order valence-corrected chi connectivity index (χ1v) is 19.1. The fourth-order valence-corrected chi connectivity index (χ4v) is 6.53. The van der Waals surface area contributed by atoms with Gasteiger partial charge in [-0.2, -0.15) is 0 Å². The number of hydrogen-bond donors (Lipinski definition) is 4. The average molecular weight is 761 g/mol. The number of methoxy groups -OCH3 is 1. The molecule has 1 fully saturated rings. The Morgan fingerprint density at radius 1 is 0.727 bits per heavy atom. The van der Waals surface area contributed by atoms with E-state index < -0.39 is 12.0 Å². The van der Waals surface area contributed by atoms with Crippen LogP contribution in [0.2, 0.25) is 0 Å². The Kier molecular flexibility index (Phi) is 20.7. The lowest BCUT2D eigenvalue weighted by Crippen LogP contribution is -2.54. The molecule has 0 saturated heterocycles. The summed E-state index contributed by atoms with van der Waals surface area (Å²) in [5.41, 5.74) is 9.20. The molecule has 1 rings (SSSR count). The molecule has 55 heavy (non-hydrogen) atoms. The van der Waals surface area contributed by atoms with Crippen LogP contribution in [0.1, 0.15) is 80.1 Å². The van der Waals surface area contributed by atoms with Crippen LogP contribution in [-0.2, 0) is 14.3 Å². The summed E-state index contributed by atoms with van der Waals surface area (Å²) in [6.45, 7) is 36.7. The SMILES string of the molecule is C=C(/C=C\C(=C)C(=C)NC(=NC)C(CC)C(CC)C(=O)N(NC)C(C)C)C(=C)/C=C\C(=C)C(=C)NC(=NC)C1CCCCC1C(=O)N(NC(=O)OC)C(C)C. The van der Waals surface area contributed by atoms with E-state index in [1.165, 1.54) is 12.1 Å². The molecule has 4 atom stereocenters. The molecule has 4 unspecified atom stereocenters. The Bertz CT molecular complexity index is 1570. The zero-order valence-corrected chi connectivity index (χ0v) is 35.2. The van der Waals surface area contributed by atoms with Crippen molar-refractivity contribution in [2.75, 3.05) is 28.3 Å². The zero-order valence-electron chi connectivity index (χ0n) is 35.2. The second kappa shape index (κ2) is 23.7. The zero-order chi connectivity index (χ0) is 42.0. The van der Waals surface area contributed by atoms with Gasteiger partial charge in [0.25, 0.3) is 0 Å². The fourth-order valence-electron chi connectivity index (χ4n) is 6.53. The molecule has 1 aliphatic rings. The summed E-state index contributed by atoms with van der Waals surface area (Å²) in [5, 5.41) is 9.62. The summed E-state index contributed by atoms with van der Waals surface area (Å²) in [6.07, 6.45) is 11.1. The first kappa shape index (κ1) is 48.0. The average Bonchev–Trinajstić information content (AvgIpc) is 3.17. The third-order valence-electron chi connectivity index (χ3n) is 9.81. The summed E-state index contributed by atoms with van der Waals surface area (Å²) >= 11 is 0. The van der Waals surface area contributed by atoms with E-state index in [2.05, 4.69) is 70.9 Å². The summed E-state index contributed by atoms with van der Waals surface area (Å²) < 4.78 is 4.74. The predicted octanol–water partition coefficient (Wildman–Crippen LogP) is 7.33. The molecule has 0 radical (unpaired) electrons. The van der Waals surface area contributed by atoms with Crippen LogP contribution in [0.5, 0.6) is 0 Å². The molecule has 0 heterocycles. The molecule has 0 spiro atoms. The number of rotatable bonds is 19. The van der Waals surface area contributed by atoms with Gasteiger partial charge in [-0.25, -0.2) is 20.7 Å². The Hall–Kier alpha value is -4.97. The second-order valence-electron chi connectivity index (χ2n) is 14.2. The molecular formula is C43H68N8O4. The van der Waals surface area contributed by atoms with Crippen LogP contribution < -0.4 is 21.5 Å². The van der Waals surface area contributed by atoms with Crippen molar-refractivity contribution in [3.63, 3.8) is 0 Å². The maximum absolute atomic E-state index is 13.7. The van der Waals surface area contributed by atoms with Crippen LogP contribution in [0.25, 0.3) is 0 Å². The van der Waals surface area contributed by atoms with E-state index in [0.717, 1.165) is 19.3 Å². The van der Waals surface area contributed by atoms with Crippen LogP contribution in [0.15, 0.2) is 107 Å². The van der Waals surface area contributed by atoms with Gasteiger partial charge >= 0.3 is 6.09 Å². The monoisotopic (exact) mass is 761 g/mol. The molecule has 0 bridgehead atoms. The third-order valence-corrected chi connectivity index (χ3v) is 9.81. The molecule has 12 nitrogen and oxygen atoms in total. The lowest BCUT2D eigenvalue weighted by atomic mass is 9.77. The number of aliphatic imine (C=N–C) groups is 2. The second-order valence-corrected chi connectivity index (χ2v) is 14.2. The quantitative estimate of drug-likeness (QED) is 0.0468. The molecule has 4 N–H and O–H groups in total. The van der Waals surface area contributed by atoms with Crippen LogP contribution in [0.4, 0.5) is 4.79 Å². The van der Waals surface area contributed by atoms with Gasteiger partial charge in [0.05, 0.1) is 7.11 Å². The first-order chi connectivity index (χ1) is 25.9. The van der Waals surface area contributed by atoms with Gasteiger partial charge in [-0.05, 0) is 75.7 Å². The van der Waals surface area contributed by atoms with E-state index in [0.29, 0.717) is 64.6 Å². The first-order valence-electron chi connectivity index (χ1n) is 19.1. The van der Waals surface area contributed by atoms with Crippen molar-refractivity contribution in [3.05, 3.63) is 97.5 Å². The molecule has 12 heteroatoms. The summed E-state index contributed by atoms with van der Waals surface area (Å²) in [6, 6.07) is -0.262. The van der Waals surface area contributed by atoms with E-state index in [-0.39, 0.29) is 41.7 Å². The van der Waals surface area contributed by atoms with Crippen molar-refractivity contribution in [3.8, 4) is 0 Å². The minimum atomic E-state index is -0.698. The molecule has 0 aromatic carbocycles.